The Morgan fingerprint density at radius 1 is 0.867 bits per heavy atom. The van der Waals surface area contributed by atoms with Crippen molar-refractivity contribution < 1.29 is 47.5 Å². The largest absolute Gasteiger partial charge is 2.00 e. The van der Waals surface area contributed by atoms with E-state index >= 15 is 0 Å². The van der Waals surface area contributed by atoms with Crippen molar-refractivity contribution in [2.45, 2.75) is 0 Å². The number of carboxylic acid groups (broad SMARTS) is 2. The summed E-state index contributed by atoms with van der Waals surface area (Å²) < 4.78 is 3.37. The van der Waals surface area contributed by atoms with E-state index in [0.29, 0.717) is 0 Å². The van der Waals surface area contributed by atoms with Gasteiger partial charge < -0.3 is 19.8 Å². The Labute approximate surface area is 162 Å². The van der Waals surface area contributed by atoms with Crippen LogP contribution in [0.3, 0.4) is 0 Å². The minimum atomic E-state index is -1.12. The van der Waals surface area contributed by atoms with Crippen LogP contribution >= 0.6 is 90.4 Å². The third-order valence-corrected chi connectivity index (χ3v) is 5.71. The van der Waals surface area contributed by atoms with Gasteiger partial charge in [0, 0.05) is 7.16 Å². The van der Waals surface area contributed by atoms with E-state index in [-0.39, 0.29) is 34.8 Å². The van der Waals surface area contributed by atoms with Gasteiger partial charge >= 0.3 is 27.7 Å². The van der Waals surface area contributed by atoms with Gasteiger partial charge in [0.15, 0.2) is 0 Å². The minimum absolute atomic E-state index is 0. The smallest absolute Gasteiger partial charge is 0.544 e. The van der Waals surface area contributed by atoms with Crippen molar-refractivity contribution >= 4 is 102 Å². The molecular weight excluding hydrogens is 844 g/mol. The van der Waals surface area contributed by atoms with E-state index in [0.717, 1.165) is 0 Å². The van der Waals surface area contributed by atoms with Crippen LogP contribution < -0.4 is 10.2 Å². The molecule has 0 atom stereocenters. The fraction of sp³-hybridized carbons (Fsp3) is 0. The molecule has 0 radical (unpaired) electrons. The number of carbonyl (C=O) groups excluding carboxylic acids is 2. The molecule has 0 bridgehead atoms. The third kappa shape index (κ3) is 16.3. The van der Waals surface area contributed by atoms with E-state index in [2.05, 4.69) is 0 Å². The van der Waals surface area contributed by atoms with Gasteiger partial charge in [0.25, 0.3) is 0 Å². The predicted octanol–water partition coefficient (Wildman–Crippen LogP) is 0.893. The van der Waals surface area contributed by atoms with Crippen molar-refractivity contribution in [2.75, 3.05) is 0 Å². The number of hydrogen-bond donors (Lipinski definition) is 0. The SMILES string of the molecule is O=C([O-])/C(I)=C/I.O=C([O-])/C(I)=C/I.[Hg+2]. The summed E-state index contributed by atoms with van der Waals surface area (Å²) >= 11 is 7.05. The number of carbonyl (C=O) groups is 2. The van der Waals surface area contributed by atoms with Gasteiger partial charge in [0.2, 0.25) is 0 Å². The molecule has 0 heterocycles. The average molecular weight is 846 g/mol. The maximum Gasteiger partial charge on any atom is 2.00 e. The molecule has 0 aliphatic rings. The van der Waals surface area contributed by atoms with Crippen LogP contribution in [0.2, 0.25) is 0 Å². The number of hydrogen-bond acceptors (Lipinski definition) is 4. The molecular formula is C6H2HgI4O4. The quantitative estimate of drug-likeness (QED) is 0.236. The molecule has 0 unspecified atom stereocenters. The first kappa shape index (κ1) is 22.5. The Morgan fingerprint density at radius 2 is 1.07 bits per heavy atom. The zero-order chi connectivity index (χ0) is 11.7. The van der Waals surface area contributed by atoms with Crippen molar-refractivity contribution in [1.82, 2.24) is 0 Å². The van der Waals surface area contributed by atoms with E-state index in [1.165, 1.54) is 8.17 Å². The molecule has 0 amide bonds. The Morgan fingerprint density at radius 3 is 1.07 bits per heavy atom. The predicted molar refractivity (Wildman–Crippen MR) is 82.3 cm³/mol. The maximum atomic E-state index is 9.74. The zero-order valence-corrected chi connectivity index (χ0v) is 21.1. The molecule has 80 valence electrons. The van der Waals surface area contributed by atoms with Crippen LogP contribution in [0.4, 0.5) is 0 Å². The van der Waals surface area contributed by atoms with Gasteiger partial charge in [-0.25, -0.2) is 0 Å². The van der Waals surface area contributed by atoms with E-state index in [4.69, 9.17) is 0 Å². The van der Waals surface area contributed by atoms with E-state index in [1.54, 1.807) is 45.2 Å². The summed E-state index contributed by atoms with van der Waals surface area (Å²) in [6.07, 6.45) is 0. The van der Waals surface area contributed by atoms with Crippen molar-refractivity contribution in [3.05, 3.63) is 15.3 Å². The second kappa shape index (κ2) is 14.3. The summed E-state index contributed by atoms with van der Waals surface area (Å²) in [5.41, 5.74) is 0. The van der Waals surface area contributed by atoms with E-state index in [9.17, 15) is 19.8 Å². The summed E-state index contributed by atoms with van der Waals surface area (Å²) in [5, 5.41) is 19.5. The average Bonchev–Trinajstić information content (AvgIpc) is 2.15. The van der Waals surface area contributed by atoms with Crippen LogP contribution in [0.25, 0.3) is 0 Å². The van der Waals surface area contributed by atoms with E-state index < -0.39 is 11.9 Å². The van der Waals surface area contributed by atoms with Crippen LogP contribution in [-0.2, 0) is 37.3 Å². The molecule has 15 heavy (non-hydrogen) atoms. The topological polar surface area (TPSA) is 80.3 Å². The first-order chi connectivity index (χ1) is 6.36. The first-order valence-corrected chi connectivity index (χ1v) is 7.36. The summed E-state index contributed by atoms with van der Waals surface area (Å²) in [6.45, 7) is 0. The second-order valence-electron chi connectivity index (χ2n) is 1.49. The van der Waals surface area contributed by atoms with Crippen molar-refractivity contribution in [1.29, 1.82) is 0 Å². The van der Waals surface area contributed by atoms with Crippen LogP contribution in [0.15, 0.2) is 15.3 Å². The van der Waals surface area contributed by atoms with E-state index in [1.807, 2.05) is 45.2 Å². The molecule has 0 aromatic carbocycles. The van der Waals surface area contributed by atoms with Crippen molar-refractivity contribution in [2.24, 2.45) is 0 Å². The monoisotopic (exact) mass is 848 g/mol. The third-order valence-electron chi connectivity index (χ3n) is 0.582. The molecule has 0 aliphatic heterocycles. The summed E-state index contributed by atoms with van der Waals surface area (Å²) in [5.74, 6) is -2.23. The van der Waals surface area contributed by atoms with Crippen LogP contribution in [0, 0.1) is 0 Å². The Kier molecular flexibility index (Phi) is 21.5. The molecule has 0 aliphatic carbocycles. The summed E-state index contributed by atoms with van der Waals surface area (Å²) in [4.78, 5) is 19.5. The zero-order valence-electron chi connectivity index (χ0n) is 7.01. The molecule has 0 aromatic heterocycles. The van der Waals surface area contributed by atoms with Crippen molar-refractivity contribution in [3.8, 4) is 0 Å². The molecule has 0 saturated heterocycles. The summed E-state index contributed by atoms with van der Waals surface area (Å²) in [6, 6.07) is 0. The standard InChI is InChI=1S/2C3H2I2O2.Hg/c2*4-1-2(5)3(6)7;/h2*1H,(H,6,7);/q;;+2/p-2/b2*2-1-;. The van der Waals surface area contributed by atoms with Crippen molar-refractivity contribution in [3.63, 3.8) is 0 Å². The molecule has 9 heteroatoms. The molecule has 0 saturated carbocycles. The van der Waals surface area contributed by atoms with Crippen LogP contribution in [0.5, 0.6) is 0 Å². The molecule has 4 nitrogen and oxygen atoms in total. The van der Waals surface area contributed by atoms with Crippen LogP contribution in [0.1, 0.15) is 0 Å². The van der Waals surface area contributed by atoms with Gasteiger partial charge in [0.05, 0.1) is 11.9 Å². The fourth-order valence-corrected chi connectivity index (χ4v) is 0.598. The minimum Gasteiger partial charge on any atom is -0.544 e. The van der Waals surface area contributed by atoms with Gasteiger partial charge in [-0.05, 0) is 53.3 Å². The maximum absolute atomic E-state index is 9.74. The van der Waals surface area contributed by atoms with Gasteiger partial charge in [-0.2, -0.15) is 0 Å². The Balaban J connectivity index is -0.000000180. The summed E-state index contributed by atoms with van der Waals surface area (Å²) in [7, 11) is 0. The number of halogens is 4. The van der Waals surface area contributed by atoms with Gasteiger partial charge in [0.1, 0.15) is 0 Å². The number of carboxylic acids is 2. The Bertz CT molecular complexity index is 248. The molecule has 0 N–H and O–H groups in total. The normalized spacial score (nSPS) is 10.7. The second-order valence-corrected chi connectivity index (χ2v) is 5.06. The first-order valence-electron chi connectivity index (χ1n) is 2.71. The van der Waals surface area contributed by atoms with Gasteiger partial charge in [-0.3, -0.25) is 0 Å². The fourth-order valence-electron chi connectivity index (χ4n) is 0.0891. The van der Waals surface area contributed by atoms with Gasteiger partial charge in [-0.1, -0.05) is 45.2 Å². The molecule has 0 spiro atoms. The van der Waals surface area contributed by atoms with Gasteiger partial charge in [-0.15, -0.1) is 0 Å². The molecule has 0 fully saturated rings. The van der Waals surface area contributed by atoms with Crippen LogP contribution in [-0.4, -0.2) is 11.9 Å². The Hall–Kier alpha value is 2.28. The molecule has 0 aromatic rings. The molecule has 0 rings (SSSR count). The number of aliphatic carboxylic acids is 2. The number of rotatable bonds is 2.